The molecule has 1 nitrogen and oxygen atoms in total. The van der Waals surface area contributed by atoms with E-state index in [9.17, 15) is 0 Å². The maximum atomic E-state index is 3.17. The van der Waals surface area contributed by atoms with Crippen LogP contribution in [-0.4, -0.2) is 7.05 Å². The van der Waals surface area contributed by atoms with Gasteiger partial charge in [0.1, 0.15) is 0 Å². The molecule has 2 aromatic rings. The van der Waals surface area contributed by atoms with Gasteiger partial charge in [0.15, 0.2) is 0 Å². The van der Waals surface area contributed by atoms with Gasteiger partial charge in [-0.1, -0.05) is 36.4 Å². The minimum atomic E-state index is 0. The van der Waals surface area contributed by atoms with Crippen molar-refractivity contribution in [3.05, 3.63) is 42.5 Å². The highest BCUT2D eigenvalue weighted by molar-refractivity contribution is 5.93. The quantitative estimate of drug-likeness (QED) is 0.674. The second-order valence-electron chi connectivity index (χ2n) is 2.78. The van der Waals surface area contributed by atoms with E-state index in [4.69, 9.17) is 0 Å². The molecule has 0 radical (unpaired) electrons. The molecular weight excluding hydrogens is 146 g/mol. The van der Waals surface area contributed by atoms with E-state index in [1.165, 1.54) is 16.5 Å². The van der Waals surface area contributed by atoms with Gasteiger partial charge in [-0.2, -0.15) is 0 Å². The Morgan fingerprint density at radius 1 is 1.00 bits per heavy atom. The third-order valence-electron chi connectivity index (χ3n) is 2.06. The van der Waals surface area contributed by atoms with Gasteiger partial charge in [-0.3, -0.25) is 0 Å². The zero-order valence-electron chi connectivity index (χ0n) is 7.04. The molecule has 2 aromatic carbocycles. The lowest BCUT2D eigenvalue weighted by molar-refractivity contribution is 1.55. The molecule has 0 aromatic heterocycles. The van der Waals surface area contributed by atoms with Crippen molar-refractivity contribution in [3.8, 4) is 0 Å². The smallest absolute Gasteiger partial charge is 0.0417 e. The summed E-state index contributed by atoms with van der Waals surface area (Å²) < 4.78 is 0. The van der Waals surface area contributed by atoms with Crippen LogP contribution in [0.25, 0.3) is 10.8 Å². The molecule has 0 amide bonds. The van der Waals surface area contributed by atoms with Gasteiger partial charge in [-0.15, -0.1) is 0 Å². The van der Waals surface area contributed by atoms with Crippen LogP contribution in [0.2, 0.25) is 0 Å². The third-order valence-corrected chi connectivity index (χ3v) is 2.06. The molecule has 0 bridgehead atoms. The molecule has 0 fully saturated rings. The Morgan fingerprint density at radius 2 is 1.75 bits per heavy atom. The van der Waals surface area contributed by atoms with Crippen LogP contribution in [0.15, 0.2) is 42.5 Å². The molecule has 2 rings (SSSR count). The van der Waals surface area contributed by atoms with E-state index in [-0.39, 0.29) is 1.43 Å². The molecule has 0 atom stereocenters. The first-order valence-electron chi connectivity index (χ1n) is 4.07. The molecule has 0 spiro atoms. The highest BCUT2D eigenvalue weighted by Crippen LogP contribution is 2.21. The third kappa shape index (κ3) is 1.03. The molecule has 0 aliphatic heterocycles. The Kier molecular flexibility index (Phi) is 1.71. The van der Waals surface area contributed by atoms with E-state index < -0.39 is 0 Å². The van der Waals surface area contributed by atoms with Crippen LogP contribution < -0.4 is 5.32 Å². The van der Waals surface area contributed by atoms with Gasteiger partial charge in [0.2, 0.25) is 0 Å². The molecule has 0 saturated carbocycles. The number of hydrogen-bond acceptors (Lipinski definition) is 1. The van der Waals surface area contributed by atoms with Gasteiger partial charge < -0.3 is 5.32 Å². The summed E-state index contributed by atoms with van der Waals surface area (Å²) in [5, 5.41) is 5.73. The van der Waals surface area contributed by atoms with Crippen LogP contribution >= 0.6 is 0 Å². The Morgan fingerprint density at radius 3 is 2.58 bits per heavy atom. The van der Waals surface area contributed by atoms with Crippen molar-refractivity contribution in [1.29, 1.82) is 0 Å². The number of fused-ring (bicyclic) bond motifs is 1. The lowest BCUT2D eigenvalue weighted by Crippen LogP contribution is -1.88. The molecule has 62 valence electrons. The van der Waals surface area contributed by atoms with Crippen molar-refractivity contribution in [2.75, 3.05) is 12.4 Å². The van der Waals surface area contributed by atoms with Crippen LogP contribution in [0.5, 0.6) is 0 Å². The van der Waals surface area contributed by atoms with Crippen LogP contribution in [0.1, 0.15) is 1.43 Å². The van der Waals surface area contributed by atoms with Gasteiger partial charge in [0.05, 0.1) is 0 Å². The van der Waals surface area contributed by atoms with Crippen molar-refractivity contribution in [1.82, 2.24) is 0 Å². The van der Waals surface area contributed by atoms with Crippen LogP contribution in [0.4, 0.5) is 5.69 Å². The SMILES string of the molecule is CNc1cccc2ccccc12.[HH]. The van der Waals surface area contributed by atoms with Crippen molar-refractivity contribution >= 4 is 16.5 Å². The van der Waals surface area contributed by atoms with E-state index in [1.54, 1.807) is 0 Å². The highest BCUT2D eigenvalue weighted by atomic mass is 14.8. The van der Waals surface area contributed by atoms with Gasteiger partial charge in [-0.05, 0) is 11.5 Å². The normalized spacial score (nSPS) is 10.1. The van der Waals surface area contributed by atoms with Crippen LogP contribution in [-0.2, 0) is 0 Å². The monoisotopic (exact) mass is 159 g/mol. The molecule has 0 aliphatic carbocycles. The summed E-state index contributed by atoms with van der Waals surface area (Å²) >= 11 is 0. The second kappa shape index (κ2) is 2.86. The topological polar surface area (TPSA) is 12.0 Å². The molecule has 12 heavy (non-hydrogen) atoms. The number of rotatable bonds is 1. The first-order chi connectivity index (χ1) is 5.92. The average Bonchev–Trinajstić information content (AvgIpc) is 2.17. The number of nitrogens with one attached hydrogen (secondary N) is 1. The summed E-state index contributed by atoms with van der Waals surface area (Å²) in [6.07, 6.45) is 0. The lowest BCUT2D eigenvalue weighted by Gasteiger charge is -2.04. The number of hydrogen-bond donors (Lipinski definition) is 1. The van der Waals surface area contributed by atoms with Crippen LogP contribution in [0, 0.1) is 0 Å². The summed E-state index contributed by atoms with van der Waals surface area (Å²) in [5.41, 5.74) is 1.19. The van der Waals surface area contributed by atoms with Crippen molar-refractivity contribution in [3.63, 3.8) is 0 Å². The highest BCUT2D eigenvalue weighted by Gasteiger charge is 1.95. The zero-order valence-corrected chi connectivity index (χ0v) is 7.04. The summed E-state index contributed by atoms with van der Waals surface area (Å²) in [7, 11) is 1.95. The van der Waals surface area contributed by atoms with Gasteiger partial charge in [0.25, 0.3) is 0 Å². The minimum absolute atomic E-state index is 0. The largest absolute Gasteiger partial charge is 0.388 e. The minimum Gasteiger partial charge on any atom is -0.388 e. The van der Waals surface area contributed by atoms with Crippen LogP contribution in [0.3, 0.4) is 0 Å². The van der Waals surface area contributed by atoms with Gasteiger partial charge in [-0.25, -0.2) is 0 Å². The summed E-state index contributed by atoms with van der Waals surface area (Å²) in [4.78, 5) is 0. The fraction of sp³-hybridized carbons (Fsp3) is 0.0909. The van der Waals surface area contributed by atoms with Crippen molar-refractivity contribution in [2.24, 2.45) is 0 Å². The van der Waals surface area contributed by atoms with Crippen molar-refractivity contribution < 1.29 is 1.43 Å². The summed E-state index contributed by atoms with van der Waals surface area (Å²) in [6.45, 7) is 0. The van der Waals surface area contributed by atoms with E-state index in [2.05, 4.69) is 47.8 Å². The van der Waals surface area contributed by atoms with Gasteiger partial charge in [0, 0.05) is 19.5 Å². The second-order valence-corrected chi connectivity index (χ2v) is 2.78. The zero-order chi connectivity index (χ0) is 8.39. The fourth-order valence-electron chi connectivity index (χ4n) is 1.44. The van der Waals surface area contributed by atoms with E-state index in [0.717, 1.165) is 0 Å². The average molecular weight is 159 g/mol. The van der Waals surface area contributed by atoms with E-state index in [0.29, 0.717) is 0 Å². The Bertz CT molecular complexity index is 393. The maximum absolute atomic E-state index is 3.17. The summed E-state index contributed by atoms with van der Waals surface area (Å²) in [5.74, 6) is 0. The number of benzene rings is 2. The molecule has 1 heteroatoms. The standard InChI is InChI=1S/C11H11N.H2/c1-12-11-8-4-6-9-5-2-3-7-10(9)11;/h2-8,12H,1H3;1H. The summed E-state index contributed by atoms with van der Waals surface area (Å²) in [6, 6.07) is 14.6. The lowest BCUT2D eigenvalue weighted by atomic mass is 10.1. The van der Waals surface area contributed by atoms with Crippen molar-refractivity contribution in [2.45, 2.75) is 0 Å². The predicted molar refractivity (Wildman–Crippen MR) is 55.6 cm³/mol. The Hall–Kier alpha value is -1.50. The molecular formula is C11H13N. The Balaban J connectivity index is 0.000000845. The first-order valence-corrected chi connectivity index (χ1v) is 4.07. The molecule has 0 aliphatic rings. The molecule has 0 unspecified atom stereocenters. The van der Waals surface area contributed by atoms with E-state index >= 15 is 0 Å². The first kappa shape index (κ1) is 7.17. The molecule has 0 heterocycles. The molecule has 0 saturated heterocycles. The maximum Gasteiger partial charge on any atom is 0.0417 e. The molecule has 1 N–H and O–H groups in total. The van der Waals surface area contributed by atoms with E-state index in [1.807, 2.05) is 7.05 Å². The predicted octanol–water partition coefficient (Wildman–Crippen LogP) is 3.13. The van der Waals surface area contributed by atoms with Gasteiger partial charge >= 0.3 is 0 Å². The number of anilines is 1. The Labute approximate surface area is 73.5 Å². The fourth-order valence-corrected chi connectivity index (χ4v) is 1.44.